The van der Waals surface area contributed by atoms with Gasteiger partial charge in [0.25, 0.3) is 5.91 Å². The van der Waals surface area contributed by atoms with Gasteiger partial charge in [0.1, 0.15) is 5.75 Å². The number of rotatable bonds is 3. The molecule has 1 amide bonds. The minimum absolute atomic E-state index is 0.124. The standard InChI is InChI=1S/C18H16N2O2/c1-13-11-14(12-19-13)18(22)20(15-5-3-2-4-6-15)16-7-9-17(21)10-8-16/h2-12,19,21H,1H3. The van der Waals surface area contributed by atoms with Crippen LogP contribution in [0, 0.1) is 6.92 Å². The first-order valence-corrected chi connectivity index (χ1v) is 6.99. The zero-order valence-electron chi connectivity index (χ0n) is 12.2. The van der Waals surface area contributed by atoms with Gasteiger partial charge in [0, 0.05) is 23.3 Å². The van der Waals surface area contributed by atoms with Crippen LogP contribution >= 0.6 is 0 Å². The van der Waals surface area contributed by atoms with Gasteiger partial charge in [-0.25, -0.2) is 0 Å². The van der Waals surface area contributed by atoms with Gasteiger partial charge in [-0.05, 0) is 49.4 Å². The molecule has 0 aliphatic heterocycles. The summed E-state index contributed by atoms with van der Waals surface area (Å²) in [5.41, 5.74) is 3.00. The molecule has 3 rings (SSSR count). The first kappa shape index (κ1) is 13.9. The number of para-hydroxylation sites is 1. The highest BCUT2D eigenvalue weighted by molar-refractivity contribution is 6.10. The predicted octanol–water partition coefficient (Wildman–Crippen LogP) is 4.01. The summed E-state index contributed by atoms with van der Waals surface area (Å²) in [5, 5.41) is 9.46. The predicted molar refractivity (Wildman–Crippen MR) is 86.5 cm³/mol. The van der Waals surface area contributed by atoms with Crippen molar-refractivity contribution in [2.24, 2.45) is 0 Å². The van der Waals surface area contributed by atoms with Crippen molar-refractivity contribution in [2.45, 2.75) is 6.92 Å². The number of nitrogens with zero attached hydrogens (tertiary/aromatic N) is 1. The topological polar surface area (TPSA) is 56.3 Å². The van der Waals surface area contributed by atoms with Gasteiger partial charge in [-0.1, -0.05) is 18.2 Å². The molecule has 3 aromatic rings. The highest BCUT2D eigenvalue weighted by Crippen LogP contribution is 2.28. The molecule has 22 heavy (non-hydrogen) atoms. The van der Waals surface area contributed by atoms with E-state index in [2.05, 4.69) is 4.98 Å². The third-order valence-corrected chi connectivity index (χ3v) is 3.40. The number of carbonyl (C=O) groups is 1. The molecule has 0 aliphatic rings. The summed E-state index contributed by atoms with van der Waals surface area (Å²) < 4.78 is 0. The normalized spacial score (nSPS) is 10.4. The summed E-state index contributed by atoms with van der Waals surface area (Å²) in [6.07, 6.45) is 1.70. The van der Waals surface area contributed by atoms with E-state index in [0.29, 0.717) is 11.3 Å². The smallest absolute Gasteiger partial charge is 0.264 e. The van der Waals surface area contributed by atoms with Gasteiger partial charge in [-0.2, -0.15) is 0 Å². The van der Waals surface area contributed by atoms with Crippen molar-refractivity contribution < 1.29 is 9.90 Å². The average molecular weight is 292 g/mol. The van der Waals surface area contributed by atoms with E-state index >= 15 is 0 Å². The van der Waals surface area contributed by atoms with Gasteiger partial charge >= 0.3 is 0 Å². The van der Waals surface area contributed by atoms with Crippen molar-refractivity contribution >= 4 is 17.3 Å². The van der Waals surface area contributed by atoms with E-state index in [-0.39, 0.29) is 11.7 Å². The van der Waals surface area contributed by atoms with E-state index < -0.39 is 0 Å². The zero-order valence-corrected chi connectivity index (χ0v) is 12.2. The second-order valence-electron chi connectivity index (χ2n) is 5.06. The molecule has 4 nitrogen and oxygen atoms in total. The zero-order chi connectivity index (χ0) is 15.5. The highest BCUT2D eigenvalue weighted by Gasteiger charge is 2.20. The fraction of sp³-hybridized carbons (Fsp3) is 0.0556. The number of H-pyrrole nitrogens is 1. The van der Waals surface area contributed by atoms with Crippen LogP contribution in [0.5, 0.6) is 5.75 Å². The third kappa shape index (κ3) is 2.72. The maximum atomic E-state index is 12.9. The Balaban J connectivity index is 2.07. The molecule has 0 saturated carbocycles. The molecule has 0 unspecified atom stereocenters. The Labute approximate surface area is 128 Å². The highest BCUT2D eigenvalue weighted by atomic mass is 16.3. The van der Waals surface area contributed by atoms with Gasteiger partial charge in [0.15, 0.2) is 0 Å². The molecule has 1 heterocycles. The van der Waals surface area contributed by atoms with Crippen LogP contribution in [-0.4, -0.2) is 16.0 Å². The lowest BCUT2D eigenvalue weighted by Crippen LogP contribution is -2.25. The quantitative estimate of drug-likeness (QED) is 0.766. The summed E-state index contributed by atoms with van der Waals surface area (Å²) in [5.74, 6) is 0.0444. The van der Waals surface area contributed by atoms with Crippen LogP contribution < -0.4 is 4.90 Å². The molecule has 0 spiro atoms. The van der Waals surface area contributed by atoms with Crippen LogP contribution in [0.25, 0.3) is 0 Å². The molecule has 4 heteroatoms. The van der Waals surface area contributed by atoms with Gasteiger partial charge in [-0.15, -0.1) is 0 Å². The van der Waals surface area contributed by atoms with Crippen LogP contribution in [0.15, 0.2) is 66.9 Å². The van der Waals surface area contributed by atoms with Gasteiger partial charge in [0.05, 0.1) is 5.56 Å². The Hall–Kier alpha value is -3.01. The Morgan fingerprint density at radius 3 is 2.23 bits per heavy atom. The molecular weight excluding hydrogens is 276 g/mol. The first-order valence-electron chi connectivity index (χ1n) is 6.99. The van der Waals surface area contributed by atoms with Crippen LogP contribution in [0.3, 0.4) is 0 Å². The summed E-state index contributed by atoms with van der Waals surface area (Å²) in [6.45, 7) is 1.91. The molecule has 1 aromatic heterocycles. The second-order valence-corrected chi connectivity index (χ2v) is 5.06. The van der Waals surface area contributed by atoms with Gasteiger partial charge in [-0.3, -0.25) is 9.69 Å². The molecule has 0 fully saturated rings. The van der Waals surface area contributed by atoms with Crippen molar-refractivity contribution in [3.63, 3.8) is 0 Å². The van der Waals surface area contributed by atoms with E-state index in [0.717, 1.165) is 11.4 Å². The van der Waals surface area contributed by atoms with Crippen molar-refractivity contribution in [3.05, 3.63) is 78.1 Å². The number of aromatic amines is 1. The van der Waals surface area contributed by atoms with Crippen LogP contribution in [0.1, 0.15) is 16.1 Å². The van der Waals surface area contributed by atoms with E-state index in [9.17, 15) is 9.90 Å². The molecule has 2 N–H and O–H groups in total. The number of anilines is 2. The van der Waals surface area contributed by atoms with Crippen molar-refractivity contribution in [1.82, 2.24) is 4.98 Å². The molecule has 0 bridgehead atoms. The summed E-state index contributed by atoms with van der Waals surface area (Å²) in [6, 6.07) is 17.8. The number of hydrogen-bond acceptors (Lipinski definition) is 2. The number of aromatic hydroxyl groups is 1. The number of benzene rings is 2. The van der Waals surface area contributed by atoms with Crippen molar-refractivity contribution in [1.29, 1.82) is 0 Å². The van der Waals surface area contributed by atoms with Crippen LogP contribution in [0.4, 0.5) is 11.4 Å². The summed E-state index contributed by atoms with van der Waals surface area (Å²) in [7, 11) is 0. The maximum absolute atomic E-state index is 12.9. The number of phenolic OH excluding ortho intramolecular Hbond substituents is 1. The first-order chi connectivity index (χ1) is 10.6. The van der Waals surface area contributed by atoms with E-state index in [1.165, 1.54) is 0 Å². The third-order valence-electron chi connectivity index (χ3n) is 3.40. The SMILES string of the molecule is Cc1cc(C(=O)N(c2ccccc2)c2ccc(O)cc2)c[nH]1. The van der Waals surface area contributed by atoms with E-state index in [4.69, 9.17) is 0 Å². The Morgan fingerprint density at radius 2 is 1.64 bits per heavy atom. The van der Waals surface area contributed by atoms with E-state index in [1.54, 1.807) is 35.4 Å². The number of phenols is 1. The Bertz CT molecular complexity index is 776. The molecular formula is C18H16N2O2. The molecule has 2 aromatic carbocycles. The van der Waals surface area contributed by atoms with Crippen molar-refractivity contribution in [2.75, 3.05) is 4.90 Å². The van der Waals surface area contributed by atoms with Crippen LogP contribution in [-0.2, 0) is 0 Å². The lowest BCUT2D eigenvalue weighted by Gasteiger charge is -2.22. The molecule has 110 valence electrons. The molecule has 0 radical (unpaired) electrons. The lowest BCUT2D eigenvalue weighted by atomic mass is 10.2. The fourth-order valence-corrected chi connectivity index (χ4v) is 2.32. The number of amides is 1. The maximum Gasteiger partial charge on any atom is 0.264 e. The number of aryl methyl sites for hydroxylation is 1. The monoisotopic (exact) mass is 292 g/mol. The number of nitrogens with one attached hydrogen (secondary N) is 1. The molecule has 0 aliphatic carbocycles. The average Bonchev–Trinajstić information content (AvgIpc) is 2.97. The van der Waals surface area contributed by atoms with Gasteiger partial charge < -0.3 is 10.1 Å². The number of aromatic nitrogens is 1. The Kier molecular flexibility index (Phi) is 3.66. The minimum atomic E-state index is -0.124. The lowest BCUT2D eigenvalue weighted by molar-refractivity contribution is 0.0999. The molecule has 0 atom stereocenters. The molecule has 0 saturated heterocycles. The summed E-state index contributed by atoms with van der Waals surface area (Å²) >= 11 is 0. The second kappa shape index (κ2) is 5.77. The van der Waals surface area contributed by atoms with Gasteiger partial charge in [0.2, 0.25) is 0 Å². The largest absolute Gasteiger partial charge is 0.508 e. The minimum Gasteiger partial charge on any atom is -0.508 e. The number of carbonyl (C=O) groups excluding carboxylic acids is 1. The number of hydrogen-bond donors (Lipinski definition) is 2. The van der Waals surface area contributed by atoms with Crippen LogP contribution in [0.2, 0.25) is 0 Å². The fourth-order valence-electron chi connectivity index (χ4n) is 2.32. The van der Waals surface area contributed by atoms with E-state index in [1.807, 2.05) is 43.3 Å². The summed E-state index contributed by atoms with van der Waals surface area (Å²) in [4.78, 5) is 17.5. The van der Waals surface area contributed by atoms with Crippen molar-refractivity contribution in [3.8, 4) is 5.75 Å². The Morgan fingerprint density at radius 1 is 1.00 bits per heavy atom.